The quantitative estimate of drug-likeness (QED) is 0.519. The summed E-state index contributed by atoms with van der Waals surface area (Å²) < 4.78 is 8.84. The first-order valence-corrected chi connectivity index (χ1v) is 4.24. The Hall–Kier alpha value is -1.56. The van der Waals surface area contributed by atoms with Gasteiger partial charge in [0.15, 0.2) is 0 Å². The van der Waals surface area contributed by atoms with Crippen molar-refractivity contribution in [1.82, 2.24) is 0 Å². The van der Waals surface area contributed by atoms with Gasteiger partial charge in [-0.2, -0.15) is 0 Å². The molecule has 0 fully saturated rings. The second kappa shape index (κ2) is 6.02. The lowest BCUT2D eigenvalue weighted by Crippen LogP contribution is -2.20. The Kier molecular flexibility index (Phi) is 5.40. The van der Waals surface area contributed by atoms with Crippen molar-refractivity contribution in [2.75, 3.05) is 6.61 Å². The van der Waals surface area contributed by atoms with Crippen molar-refractivity contribution < 1.29 is 29.3 Å². The van der Waals surface area contributed by atoms with Crippen LogP contribution in [0.25, 0.3) is 0 Å². The normalized spacial score (nSPS) is 13.9. The summed E-state index contributed by atoms with van der Waals surface area (Å²) in [5.74, 6) is -1.93. The first kappa shape index (κ1) is 13.4. The highest BCUT2D eigenvalue weighted by atomic mass is 16.6. The molecule has 0 rings (SSSR count). The fraction of sp³-hybridized carbons (Fsp3) is 0.556. The van der Waals surface area contributed by atoms with Crippen molar-refractivity contribution in [3.63, 3.8) is 0 Å². The Morgan fingerprint density at radius 1 is 1.20 bits per heavy atom. The van der Waals surface area contributed by atoms with Crippen LogP contribution in [0.2, 0.25) is 0 Å². The Bertz CT molecular complexity index is 280. The molecule has 0 aliphatic carbocycles. The van der Waals surface area contributed by atoms with Gasteiger partial charge in [0.2, 0.25) is 0 Å². The molecule has 0 amide bonds. The van der Waals surface area contributed by atoms with Crippen LogP contribution < -0.4 is 0 Å². The Morgan fingerprint density at radius 3 is 2.13 bits per heavy atom. The van der Waals surface area contributed by atoms with E-state index in [1.807, 2.05) is 0 Å². The van der Waals surface area contributed by atoms with Crippen molar-refractivity contribution >= 4 is 11.9 Å². The van der Waals surface area contributed by atoms with Crippen molar-refractivity contribution in [2.24, 2.45) is 0 Å². The molecule has 0 aromatic carbocycles. The molecule has 0 bridgehead atoms. The third kappa shape index (κ3) is 5.69. The molecule has 1 atom stereocenters. The van der Waals surface area contributed by atoms with E-state index in [9.17, 15) is 14.7 Å². The van der Waals surface area contributed by atoms with E-state index in [0.717, 1.165) is 6.92 Å². The number of aliphatic hydroxyl groups is 2. The van der Waals surface area contributed by atoms with Crippen LogP contribution in [-0.4, -0.2) is 34.9 Å². The molecule has 0 aromatic rings. The van der Waals surface area contributed by atoms with Gasteiger partial charge in [0.25, 0.3) is 5.95 Å². The molecule has 0 aliphatic heterocycles. The molecule has 86 valence electrons. The third-order valence-electron chi connectivity index (χ3n) is 1.52. The highest BCUT2D eigenvalue weighted by Gasteiger charge is 2.15. The van der Waals surface area contributed by atoms with Gasteiger partial charge in [-0.3, -0.25) is 9.59 Å². The summed E-state index contributed by atoms with van der Waals surface area (Å²) in [6, 6.07) is 0. The average Bonchev–Trinajstić information content (AvgIpc) is 2.11. The van der Waals surface area contributed by atoms with Crippen LogP contribution in [0.1, 0.15) is 20.8 Å². The highest BCUT2D eigenvalue weighted by Crippen LogP contribution is 2.08. The van der Waals surface area contributed by atoms with E-state index in [-0.39, 0.29) is 12.2 Å². The Morgan fingerprint density at radius 2 is 1.73 bits per heavy atom. The molecule has 0 heterocycles. The molecule has 15 heavy (non-hydrogen) atoms. The zero-order valence-corrected chi connectivity index (χ0v) is 8.81. The maximum atomic E-state index is 10.5. The van der Waals surface area contributed by atoms with Crippen molar-refractivity contribution in [2.45, 2.75) is 26.9 Å². The molecule has 6 heteroatoms. The van der Waals surface area contributed by atoms with Gasteiger partial charge in [0, 0.05) is 19.4 Å². The van der Waals surface area contributed by atoms with Crippen LogP contribution in [0.3, 0.4) is 0 Å². The summed E-state index contributed by atoms with van der Waals surface area (Å²) in [7, 11) is 0. The lowest BCUT2D eigenvalue weighted by atomic mass is 10.2. The van der Waals surface area contributed by atoms with E-state index in [2.05, 4.69) is 9.47 Å². The number of esters is 2. The van der Waals surface area contributed by atoms with Gasteiger partial charge in [0.1, 0.15) is 12.7 Å². The minimum absolute atomic E-state index is 0.0199. The van der Waals surface area contributed by atoms with Gasteiger partial charge in [-0.1, -0.05) is 0 Å². The largest absolute Gasteiger partial charge is 0.481 e. The third-order valence-corrected chi connectivity index (χ3v) is 1.52. The van der Waals surface area contributed by atoms with Gasteiger partial charge in [-0.15, -0.1) is 0 Å². The minimum Gasteiger partial charge on any atom is -0.481 e. The highest BCUT2D eigenvalue weighted by molar-refractivity contribution is 5.67. The number of hydrogen-bond donors (Lipinski definition) is 2. The first-order valence-electron chi connectivity index (χ1n) is 4.24. The molecule has 0 aliphatic rings. The minimum atomic E-state index is -1.20. The predicted molar refractivity (Wildman–Crippen MR) is 49.7 cm³/mol. The number of ether oxygens (including phenoxy) is 2. The Balaban J connectivity index is 4.33. The fourth-order valence-corrected chi connectivity index (χ4v) is 0.680. The predicted octanol–water partition coefficient (Wildman–Crippen LogP) is 0.263. The monoisotopic (exact) mass is 218 g/mol. The van der Waals surface area contributed by atoms with Gasteiger partial charge >= 0.3 is 11.9 Å². The summed E-state index contributed by atoms with van der Waals surface area (Å²) in [6.07, 6.45) is -1.20. The van der Waals surface area contributed by atoms with E-state index in [1.54, 1.807) is 0 Å². The van der Waals surface area contributed by atoms with Gasteiger partial charge in [-0.25, -0.2) is 0 Å². The number of hydrogen-bond acceptors (Lipinski definition) is 6. The fourth-order valence-electron chi connectivity index (χ4n) is 0.680. The molecule has 0 spiro atoms. The van der Waals surface area contributed by atoms with Crippen LogP contribution in [-0.2, 0) is 19.1 Å². The molecule has 1 unspecified atom stereocenters. The van der Waals surface area contributed by atoms with Gasteiger partial charge in [-0.05, 0) is 6.92 Å². The molecule has 6 nitrogen and oxygen atoms in total. The van der Waals surface area contributed by atoms with Gasteiger partial charge < -0.3 is 19.7 Å². The molecular weight excluding hydrogens is 204 g/mol. The molecule has 0 radical (unpaired) electrons. The summed E-state index contributed by atoms with van der Waals surface area (Å²) in [5.41, 5.74) is 0.0199. The second-order valence-corrected chi connectivity index (χ2v) is 2.90. The molecule has 0 aromatic heterocycles. The lowest BCUT2D eigenvalue weighted by molar-refractivity contribution is -0.144. The topological polar surface area (TPSA) is 93.1 Å². The molecule has 0 saturated heterocycles. The van der Waals surface area contributed by atoms with E-state index in [1.165, 1.54) is 13.8 Å². The molecule has 2 N–H and O–H groups in total. The smallest absolute Gasteiger partial charge is 0.310 e. The first-order chi connectivity index (χ1) is 6.84. The van der Waals surface area contributed by atoms with E-state index >= 15 is 0 Å². The maximum Gasteiger partial charge on any atom is 0.310 e. The summed E-state index contributed by atoms with van der Waals surface area (Å²) >= 11 is 0. The van der Waals surface area contributed by atoms with E-state index in [0.29, 0.717) is 0 Å². The number of rotatable bonds is 4. The van der Waals surface area contributed by atoms with Crippen LogP contribution >= 0.6 is 0 Å². The zero-order chi connectivity index (χ0) is 12.0. The van der Waals surface area contributed by atoms with Crippen LogP contribution in [0.5, 0.6) is 0 Å². The summed E-state index contributed by atoms with van der Waals surface area (Å²) in [6.45, 7) is 3.36. The standard InChI is InChI=1S/C9H14O6/c1-5(9(13)15-7(3)11)8(12)4-14-6(2)10/h8,12-13H,4H2,1-3H3. The SMILES string of the molecule is CC(=O)OCC(O)C(C)=C(O)OC(C)=O. The number of carbonyl (C=O) groups excluding carboxylic acids is 2. The number of carbonyl (C=O) groups is 2. The molecule has 0 saturated carbocycles. The van der Waals surface area contributed by atoms with Gasteiger partial charge in [0.05, 0.1) is 0 Å². The molecular formula is C9H14O6. The van der Waals surface area contributed by atoms with E-state index in [4.69, 9.17) is 5.11 Å². The van der Waals surface area contributed by atoms with Crippen molar-refractivity contribution in [1.29, 1.82) is 0 Å². The maximum absolute atomic E-state index is 10.5. The van der Waals surface area contributed by atoms with Crippen molar-refractivity contribution in [3.8, 4) is 0 Å². The summed E-state index contributed by atoms with van der Waals surface area (Å²) in [4.78, 5) is 20.9. The number of aliphatic hydroxyl groups excluding tert-OH is 2. The van der Waals surface area contributed by atoms with Crippen LogP contribution in [0, 0.1) is 0 Å². The van der Waals surface area contributed by atoms with Crippen molar-refractivity contribution in [3.05, 3.63) is 11.5 Å². The van der Waals surface area contributed by atoms with E-state index < -0.39 is 24.0 Å². The zero-order valence-electron chi connectivity index (χ0n) is 8.81. The second-order valence-electron chi connectivity index (χ2n) is 2.90. The lowest BCUT2D eigenvalue weighted by Gasteiger charge is -2.12. The Labute approximate surface area is 87.1 Å². The average molecular weight is 218 g/mol. The summed E-state index contributed by atoms with van der Waals surface area (Å²) in [5, 5.41) is 18.5. The van der Waals surface area contributed by atoms with Crippen LogP contribution in [0.15, 0.2) is 11.5 Å². The van der Waals surface area contributed by atoms with Crippen LogP contribution in [0.4, 0.5) is 0 Å².